The van der Waals surface area contributed by atoms with Gasteiger partial charge in [0.05, 0.1) is 5.69 Å². The second kappa shape index (κ2) is 11.1. The van der Waals surface area contributed by atoms with Gasteiger partial charge < -0.3 is 4.90 Å². The molecule has 8 aromatic carbocycles. The SMILES string of the molecule is CC1(C)c2ccccc2-c2c(-c3ccccc3N(c3ccc(-c4cccc5ccccc45)cc3)c3ccc4ccccc4c3)cccc21. The quantitative estimate of drug-likeness (QED) is 0.187. The van der Waals surface area contributed by atoms with E-state index in [1.807, 2.05) is 0 Å². The van der Waals surface area contributed by atoms with Crippen molar-refractivity contribution in [3.05, 3.63) is 187 Å². The summed E-state index contributed by atoms with van der Waals surface area (Å²) in [6, 6.07) is 64.4. The van der Waals surface area contributed by atoms with E-state index in [1.165, 1.54) is 66.1 Å². The maximum Gasteiger partial charge on any atom is 0.0540 e. The van der Waals surface area contributed by atoms with Gasteiger partial charge in [0.15, 0.2) is 0 Å². The van der Waals surface area contributed by atoms with Crippen LogP contribution in [0, 0.1) is 0 Å². The summed E-state index contributed by atoms with van der Waals surface area (Å²) < 4.78 is 0. The van der Waals surface area contributed by atoms with Crippen LogP contribution in [-0.4, -0.2) is 0 Å². The summed E-state index contributed by atoms with van der Waals surface area (Å²) in [5, 5.41) is 4.98. The number of benzene rings is 8. The second-order valence-electron chi connectivity index (χ2n) is 13.4. The van der Waals surface area contributed by atoms with Gasteiger partial charge in [0.2, 0.25) is 0 Å². The first-order valence-electron chi connectivity index (χ1n) is 16.8. The maximum absolute atomic E-state index is 2.43. The molecule has 1 aliphatic rings. The van der Waals surface area contributed by atoms with Crippen LogP contribution in [0.4, 0.5) is 17.1 Å². The molecule has 1 aliphatic carbocycles. The molecule has 0 heterocycles. The van der Waals surface area contributed by atoms with Crippen molar-refractivity contribution in [2.75, 3.05) is 4.90 Å². The third-order valence-electron chi connectivity index (χ3n) is 10.3. The van der Waals surface area contributed by atoms with Gasteiger partial charge in [-0.3, -0.25) is 0 Å². The molecule has 228 valence electrons. The number of hydrogen-bond acceptors (Lipinski definition) is 1. The molecule has 0 amide bonds. The van der Waals surface area contributed by atoms with Gasteiger partial charge in [0, 0.05) is 22.4 Å². The van der Waals surface area contributed by atoms with Gasteiger partial charge in [0.1, 0.15) is 0 Å². The highest BCUT2D eigenvalue weighted by Crippen LogP contribution is 2.53. The number of nitrogens with zero attached hydrogens (tertiary/aromatic N) is 1. The second-order valence-corrected chi connectivity index (χ2v) is 13.4. The number of hydrogen-bond donors (Lipinski definition) is 0. The monoisotopic (exact) mass is 613 g/mol. The van der Waals surface area contributed by atoms with Crippen LogP contribution in [0.15, 0.2) is 176 Å². The van der Waals surface area contributed by atoms with Gasteiger partial charge in [-0.05, 0) is 90.8 Å². The van der Waals surface area contributed by atoms with Gasteiger partial charge in [-0.25, -0.2) is 0 Å². The minimum atomic E-state index is -0.0631. The van der Waals surface area contributed by atoms with E-state index in [1.54, 1.807) is 0 Å². The summed E-state index contributed by atoms with van der Waals surface area (Å²) in [5.41, 5.74) is 13.7. The lowest BCUT2D eigenvalue weighted by Crippen LogP contribution is -2.14. The Morgan fingerprint density at radius 2 is 0.979 bits per heavy atom. The van der Waals surface area contributed by atoms with Crippen LogP contribution in [0.3, 0.4) is 0 Å². The highest BCUT2D eigenvalue weighted by Gasteiger charge is 2.37. The number of rotatable bonds is 5. The molecule has 0 aromatic heterocycles. The lowest BCUT2D eigenvalue weighted by atomic mass is 9.82. The third-order valence-corrected chi connectivity index (χ3v) is 10.3. The molecule has 1 heteroatoms. The van der Waals surface area contributed by atoms with Gasteiger partial charge in [-0.1, -0.05) is 159 Å². The molecule has 0 saturated heterocycles. The standard InChI is InChI=1S/C47H35N/c1-47(2)43-22-9-7-19-42(43)46-41(21-12-23-44(46)47)40-18-8-10-24-45(40)48(37-30-25-32-13-3-4-15-35(32)31-37)36-28-26-34(27-29-36)39-20-11-16-33-14-5-6-17-38(33)39/h3-31H,1-2H3. The number of anilines is 3. The molecule has 48 heavy (non-hydrogen) atoms. The molecular formula is C47H35N. The van der Waals surface area contributed by atoms with Crippen molar-refractivity contribution < 1.29 is 0 Å². The van der Waals surface area contributed by atoms with Crippen molar-refractivity contribution in [1.29, 1.82) is 0 Å². The molecule has 9 rings (SSSR count). The van der Waals surface area contributed by atoms with Gasteiger partial charge in [-0.15, -0.1) is 0 Å². The Bertz CT molecular complexity index is 2480. The van der Waals surface area contributed by atoms with E-state index < -0.39 is 0 Å². The van der Waals surface area contributed by atoms with Crippen molar-refractivity contribution in [3.63, 3.8) is 0 Å². The normalized spacial score (nSPS) is 13.0. The average molecular weight is 614 g/mol. The van der Waals surface area contributed by atoms with Crippen LogP contribution in [0.1, 0.15) is 25.0 Å². The number of fused-ring (bicyclic) bond motifs is 5. The van der Waals surface area contributed by atoms with Crippen LogP contribution in [0.25, 0.3) is 54.9 Å². The smallest absolute Gasteiger partial charge is 0.0540 e. The third kappa shape index (κ3) is 4.47. The van der Waals surface area contributed by atoms with Crippen LogP contribution >= 0.6 is 0 Å². The fourth-order valence-corrected chi connectivity index (χ4v) is 7.89. The lowest BCUT2D eigenvalue weighted by Gasteiger charge is -2.29. The minimum Gasteiger partial charge on any atom is -0.310 e. The summed E-state index contributed by atoms with van der Waals surface area (Å²) in [6.45, 7) is 4.71. The molecule has 0 saturated carbocycles. The van der Waals surface area contributed by atoms with Crippen molar-refractivity contribution in [2.45, 2.75) is 19.3 Å². The van der Waals surface area contributed by atoms with E-state index in [-0.39, 0.29) is 5.41 Å². The molecule has 0 bridgehead atoms. The molecule has 0 radical (unpaired) electrons. The first-order chi connectivity index (χ1) is 23.6. The lowest BCUT2D eigenvalue weighted by molar-refractivity contribution is 0.660. The van der Waals surface area contributed by atoms with E-state index >= 15 is 0 Å². The highest BCUT2D eigenvalue weighted by molar-refractivity contribution is 6.00. The van der Waals surface area contributed by atoms with Crippen LogP contribution < -0.4 is 4.90 Å². The zero-order valence-corrected chi connectivity index (χ0v) is 27.2. The fraction of sp³-hybridized carbons (Fsp3) is 0.0638. The molecule has 0 unspecified atom stereocenters. The average Bonchev–Trinajstić information content (AvgIpc) is 3.38. The van der Waals surface area contributed by atoms with E-state index in [4.69, 9.17) is 0 Å². The Hall–Kier alpha value is -5.92. The van der Waals surface area contributed by atoms with Gasteiger partial charge in [-0.2, -0.15) is 0 Å². The molecule has 0 atom stereocenters. The fourth-order valence-electron chi connectivity index (χ4n) is 7.89. The first kappa shape index (κ1) is 28.3. The van der Waals surface area contributed by atoms with E-state index in [0.717, 1.165) is 17.1 Å². The zero-order valence-electron chi connectivity index (χ0n) is 27.2. The summed E-state index contributed by atoms with van der Waals surface area (Å²) in [7, 11) is 0. The Morgan fingerprint density at radius 3 is 1.83 bits per heavy atom. The Labute approximate surface area is 282 Å². The molecule has 0 aliphatic heterocycles. The first-order valence-corrected chi connectivity index (χ1v) is 16.8. The van der Waals surface area contributed by atoms with E-state index in [0.29, 0.717) is 0 Å². The van der Waals surface area contributed by atoms with Gasteiger partial charge >= 0.3 is 0 Å². The molecule has 0 fully saturated rings. The highest BCUT2D eigenvalue weighted by atomic mass is 15.1. The molecule has 8 aromatic rings. The van der Waals surface area contributed by atoms with Crippen LogP contribution in [-0.2, 0) is 5.41 Å². The summed E-state index contributed by atoms with van der Waals surface area (Å²) in [4.78, 5) is 2.43. The van der Waals surface area contributed by atoms with Crippen LogP contribution in [0.5, 0.6) is 0 Å². The predicted octanol–water partition coefficient (Wildman–Crippen LogP) is 13.1. The van der Waals surface area contributed by atoms with Gasteiger partial charge in [0.25, 0.3) is 0 Å². The zero-order chi connectivity index (χ0) is 32.2. The van der Waals surface area contributed by atoms with E-state index in [9.17, 15) is 0 Å². The summed E-state index contributed by atoms with van der Waals surface area (Å²) >= 11 is 0. The van der Waals surface area contributed by atoms with Crippen molar-refractivity contribution in [1.82, 2.24) is 0 Å². The van der Waals surface area contributed by atoms with Crippen molar-refractivity contribution in [3.8, 4) is 33.4 Å². The molecule has 0 spiro atoms. The predicted molar refractivity (Wildman–Crippen MR) is 205 cm³/mol. The van der Waals surface area contributed by atoms with Crippen molar-refractivity contribution in [2.24, 2.45) is 0 Å². The largest absolute Gasteiger partial charge is 0.310 e. The topological polar surface area (TPSA) is 3.24 Å². The Kier molecular flexibility index (Phi) is 6.55. The molecular weight excluding hydrogens is 579 g/mol. The van der Waals surface area contributed by atoms with E-state index in [2.05, 4.69) is 195 Å². The summed E-state index contributed by atoms with van der Waals surface area (Å²) in [5.74, 6) is 0. The molecule has 0 N–H and O–H groups in total. The molecule has 1 nitrogen and oxygen atoms in total. The minimum absolute atomic E-state index is 0.0631. The Morgan fingerprint density at radius 1 is 0.396 bits per heavy atom. The maximum atomic E-state index is 2.43. The number of para-hydroxylation sites is 1. The summed E-state index contributed by atoms with van der Waals surface area (Å²) in [6.07, 6.45) is 0. The van der Waals surface area contributed by atoms with Crippen LogP contribution in [0.2, 0.25) is 0 Å². The Balaban J connectivity index is 1.25. The van der Waals surface area contributed by atoms with Crippen molar-refractivity contribution >= 4 is 38.6 Å².